The Morgan fingerprint density at radius 2 is 1.67 bits per heavy atom. The predicted octanol–water partition coefficient (Wildman–Crippen LogP) is 4.90. The Bertz CT molecular complexity index is 2460. The van der Waals surface area contributed by atoms with Gasteiger partial charge in [-0.25, -0.2) is 0 Å². The Kier molecular flexibility index (Phi) is 8.91. The summed E-state index contributed by atoms with van der Waals surface area (Å²) in [6.07, 6.45) is 7.58. The minimum Gasteiger partial charge on any atom is -0.322 e. The molecule has 2 saturated heterocycles. The molecule has 1 saturated carbocycles. The number of nitrogens with zero attached hydrogens (tertiary/aromatic N) is 9. The summed E-state index contributed by atoms with van der Waals surface area (Å²) in [6, 6.07) is 19.8. The van der Waals surface area contributed by atoms with Crippen molar-refractivity contribution in [3.8, 4) is 16.8 Å². The van der Waals surface area contributed by atoms with Gasteiger partial charge in [-0.1, -0.05) is 41.9 Å². The summed E-state index contributed by atoms with van der Waals surface area (Å²) < 4.78 is 4.22. The Morgan fingerprint density at radius 1 is 0.877 bits per heavy atom. The number of aryl methyl sites for hydroxylation is 2. The van der Waals surface area contributed by atoms with Crippen molar-refractivity contribution in [3.05, 3.63) is 118 Å². The zero-order valence-electron chi connectivity index (χ0n) is 31.8. The molecule has 1 N–H and O–H groups in total. The number of halogens is 1. The van der Waals surface area contributed by atoms with E-state index in [1.165, 1.54) is 0 Å². The lowest BCUT2D eigenvalue weighted by Crippen LogP contribution is -2.52. The highest BCUT2D eigenvalue weighted by atomic mass is 35.5. The van der Waals surface area contributed by atoms with E-state index < -0.39 is 6.04 Å². The number of aromatic nitrogens is 5. The first-order valence-corrected chi connectivity index (χ1v) is 20.3. The molecule has 0 bridgehead atoms. The average Bonchev–Trinajstić information content (AvgIpc) is 3.49. The van der Waals surface area contributed by atoms with Gasteiger partial charge in [0.2, 0.25) is 11.8 Å². The Hall–Kier alpha value is -5.50. The second kappa shape index (κ2) is 14.2. The number of carbonyl (C=O) groups is 3. The average molecular weight is 783 g/mol. The van der Waals surface area contributed by atoms with Crippen molar-refractivity contribution >= 4 is 35.0 Å². The summed E-state index contributed by atoms with van der Waals surface area (Å²) in [7, 11) is 0. The smallest absolute Gasteiger partial charge is 0.255 e. The highest BCUT2D eigenvalue weighted by Crippen LogP contribution is 2.52. The van der Waals surface area contributed by atoms with Crippen LogP contribution in [0.4, 0.5) is 0 Å². The third-order valence-electron chi connectivity index (χ3n) is 12.3. The van der Waals surface area contributed by atoms with Crippen LogP contribution in [-0.2, 0) is 34.8 Å². The van der Waals surface area contributed by atoms with Gasteiger partial charge < -0.3 is 9.80 Å². The summed E-state index contributed by atoms with van der Waals surface area (Å²) in [6.45, 7) is 8.81. The summed E-state index contributed by atoms with van der Waals surface area (Å²) in [5, 5.41) is 16.9. The minimum absolute atomic E-state index is 0.126. The lowest BCUT2D eigenvalue weighted by molar-refractivity contribution is -0.136. The number of fused-ring (bicyclic) bond motifs is 5. The van der Waals surface area contributed by atoms with Crippen molar-refractivity contribution in [2.75, 3.05) is 32.7 Å². The summed E-state index contributed by atoms with van der Waals surface area (Å²) >= 11 is 6.30. The van der Waals surface area contributed by atoms with Crippen molar-refractivity contribution in [2.24, 2.45) is 4.99 Å². The van der Waals surface area contributed by atoms with Crippen molar-refractivity contribution in [1.29, 1.82) is 0 Å². The van der Waals surface area contributed by atoms with Gasteiger partial charge in [0, 0.05) is 85.7 Å². The third-order valence-corrected chi connectivity index (χ3v) is 12.5. The van der Waals surface area contributed by atoms with Crippen LogP contribution in [0.15, 0.2) is 78.0 Å². The maximum absolute atomic E-state index is 13.3. The van der Waals surface area contributed by atoms with E-state index in [4.69, 9.17) is 21.7 Å². The van der Waals surface area contributed by atoms with E-state index in [0.29, 0.717) is 23.6 Å². The summed E-state index contributed by atoms with van der Waals surface area (Å²) in [5.74, 6) is 0.979. The first kappa shape index (κ1) is 35.9. The summed E-state index contributed by atoms with van der Waals surface area (Å²) in [5.41, 5.74) is 8.61. The fraction of sp³-hybridized carbons (Fsp3) is 0.372. The molecule has 1 atom stereocenters. The van der Waals surface area contributed by atoms with E-state index in [1.807, 2.05) is 54.2 Å². The molecule has 10 rings (SSSR count). The van der Waals surface area contributed by atoms with Crippen LogP contribution in [0.25, 0.3) is 16.8 Å². The van der Waals surface area contributed by atoms with Gasteiger partial charge in [-0.3, -0.25) is 38.8 Å². The summed E-state index contributed by atoms with van der Waals surface area (Å²) in [4.78, 5) is 49.5. The zero-order chi connectivity index (χ0) is 38.8. The normalized spacial score (nSPS) is 20.2. The first-order chi connectivity index (χ1) is 27.7. The van der Waals surface area contributed by atoms with Crippen LogP contribution in [0.1, 0.15) is 76.4 Å². The van der Waals surface area contributed by atoms with Crippen LogP contribution < -0.4 is 5.32 Å². The topological polar surface area (TPSA) is 134 Å². The number of nitrogens with one attached hydrogen (secondary N) is 1. The number of piperidine rings is 1. The quantitative estimate of drug-likeness (QED) is 0.209. The van der Waals surface area contributed by atoms with Gasteiger partial charge in [0.25, 0.3) is 5.91 Å². The van der Waals surface area contributed by atoms with Crippen LogP contribution in [0, 0.1) is 6.92 Å². The second-order valence-corrected chi connectivity index (χ2v) is 16.4. The molecule has 3 fully saturated rings. The number of rotatable bonds is 9. The Labute approximate surface area is 335 Å². The molecule has 57 heavy (non-hydrogen) atoms. The predicted molar refractivity (Wildman–Crippen MR) is 214 cm³/mol. The van der Waals surface area contributed by atoms with Crippen LogP contribution in [0.2, 0.25) is 5.02 Å². The number of benzene rings is 3. The van der Waals surface area contributed by atoms with E-state index in [1.54, 1.807) is 4.90 Å². The van der Waals surface area contributed by atoms with Gasteiger partial charge in [0.05, 0.1) is 17.6 Å². The molecule has 6 heterocycles. The Morgan fingerprint density at radius 3 is 2.46 bits per heavy atom. The standard InChI is InChI=1S/C43H43ClN10O3/c1-27-48-49-42-43(14-15-43)47-39(28-6-9-32(44)10-7-28)34-22-29(8-11-36(34)54(27)42)31-23-45-52(25-31)17-3-16-50-18-20-51(21-19-50)24-30-4-2-5-33-35(30)26-53(41(33)57)37-12-13-38(55)46-40(37)56/h2,4-11,22-23,25,37H,3,12-21,24,26H2,1H3,(H,46,55,56). The number of imide groups is 1. The number of aliphatic imine (C=N–C) groups is 1. The van der Waals surface area contributed by atoms with Gasteiger partial charge in [0.15, 0.2) is 5.82 Å². The van der Waals surface area contributed by atoms with Gasteiger partial charge in [-0.2, -0.15) is 5.10 Å². The van der Waals surface area contributed by atoms with Crippen LogP contribution in [0.3, 0.4) is 0 Å². The van der Waals surface area contributed by atoms with Crippen molar-refractivity contribution < 1.29 is 14.4 Å². The van der Waals surface area contributed by atoms with E-state index >= 15 is 0 Å². The van der Waals surface area contributed by atoms with Crippen molar-refractivity contribution in [3.63, 3.8) is 0 Å². The zero-order valence-corrected chi connectivity index (χ0v) is 32.6. The molecule has 3 aromatic carbocycles. The lowest BCUT2D eigenvalue weighted by atomic mass is 9.96. The third kappa shape index (κ3) is 6.57. The molecule has 13 nitrogen and oxygen atoms in total. The van der Waals surface area contributed by atoms with Crippen molar-refractivity contribution in [2.45, 2.75) is 70.2 Å². The molecule has 0 radical (unpaired) electrons. The molecule has 1 unspecified atom stereocenters. The molecule has 5 aliphatic rings. The van der Waals surface area contributed by atoms with Crippen LogP contribution in [-0.4, -0.2) is 101 Å². The van der Waals surface area contributed by atoms with E-state index in [-0.39, 0.29) is 29.7 Å². The number of carbonyl (C=O) groups excluding carboxylic acids is 3. The fourth-order valence-corrected chi connectivity index (χ4v) is 9.09. The number of piperazine rings is 1. The number of hydrogen-bond acceptors (Lipinski definition) is 9. The van der Waals surface area contributed by atoms with Crippen LogP contribution >= 0.6 is 11.6 Å². The number of hydrogen-bond donors (Lipinski definition) is 1. The molecule has 2 aromatic heterocycles. The van der Waals surface area contributed by atoms with Crippen LogP contribution in [0.5, 0.6) is 0 Å². The maximum atomic E-state index is 13.3. The van der Waals surface area contributed by atoms with E-state index in [9.17, 15) is 14.4 Å². The SMILES string of the molecule is Cc1nnc2n1-c1ccc(-c3cnn(CCCN4CCN(Cc5cccc6c5CN(C5CCC(=O)NC5=O)C6=O)CC4)c3)cc1C(c1ccc(Cl)cc1)=NC21CC1. The van der Waals surface area contributed by atoms with Gasteiger partial charge in [-0.05, 0) is 86.2 Å². The molecule has 14 heteroatoms. The highest BCUT2D eigenvalue weighted by molar-refractivity contribution is 6.30. The maximum Gasteiger partial charge on any atom is 0.255 e. The molecule has 1 aliphatic carbocycles. The second-order valence-electron chi connectivity index (χ2n) is 15.9. The largest absolute Gasteiger partial charge is 0.322 e. The molecule has 3 amide bonds. The van der Waals surface area contributed by atoms with E-state index in [2.05, 4.69) is 60.3 Å². The molecule has 5 aromatic rings. The lowest BCUT2D eigenvalue weighted by Gasteiger charge is -2.35. The van der Waals surface area contributed by atoms with Gasteiger partial charge in [0.1, 0.15) is 17.4 Å². The monoisotopic (exact) mass is 782 g/mol. The first-order valence-electron chi connectivity index (χ1n) is 19.9. The fourth-order valence-electron chi connectivity index (χ4n) is 8.96. The van der Waals surface area contributed by atoms with Gasteiger partial charge >= 0.3 is 0 Å². The number of amides is 3. The Balaban J connectivity index is 0.772. The molecule has 290 valence electrons. The highest BCUT2D eigenvalue weighted by Gasteiger charge is 2.51. The van der Waals surface area contributed by atoms with Crippen molar-refractivity contribution in [1.82, 2.24) is 44.6 Å². The molecule has 1 spiro atoms. The molecular weight excluding hydrogens is 740 g/mol. The van der Waals surface area contributed by atoms with Gasteiger partial charge in [-0.15, -0.1) is 10.2 Å². The minimum atomic E-state index is -0.603. The van der Waals surface area contributed by atoms with E-state index in [0.717, 1.165) is 122 Å². The molecule has 4 aliphatic heterocycles. The molecular formula is C43H43ClN10O3.